The predicted molar refractivity (Wildman–Crippen MR) is 73.2 cm³/mol. The Morgan fingerprint density at radius 2 is 2.18 bits per heavy atom. The maximum absolute atomic E-state index is 4.23. The van der Waals surface area contributed by atoms with Crippen LogP contribution in [0.25, 0.3) is 0 Å². The van der Waals surface area contributed by atoms with Gasteiger partial charge in [0.1, 0.15) is 0 Å². The van der Waals surface area contributed by atoms with Crippen molar-refractivity contribution in [2.45, 2.75) is 53.0 Å². The number of hydrogen-bond acceptors (Lipinski definition) is 2. The van der Waals surface area contributed by atoms with Gasteiger partial charge in [0, 0.05) is 18.4 Å². The van der Waals surface area contributed by atoms with E-state index in [2.05, 4.69) is 35.6 Å². The van der Waals surface area contributed by atoms with Crippen molar-refractivity contribution in [3.8, 4) is 0 Å². The van der Waals surface area contributed by atoms with Gasteiger partial charge in [-0.3, -0.25) is 0 Å². The Hall–Kier alpha value is -0.830. The lowest BCUT2D eigenvalue weighted by molar-refractivity contribution is 0.531. The standard InChI is InChI=1S/C14H27N3/c1-4-9-17-12-16-11-14(17)7-5-6-8-15-10-13(2)3/h11-13,15H,4-10H2,1-3H3. The van der Waals surface area contributed by atoms with Gasteiger partial charge in [0.05, 0.1) is 6.33 Å². The summed E-state index contributed by atoms with van der Waals surface area (Å²) in [5, 5.41) is 3.48. The first-order chi connectivity index (χ1) is 8.24. The number of nitrogens with one attached hydrogen (secondary N) is 1. The van der Waals surface area contributed by atoms with E-state index in [1.54, 1.807) is 0 Å². The molecule has 0 saturated carbocycles. The van der Waals surface area contributed by atoms with Crippen LogP contribution < -0.4 is 5.32 Å². The molecular weight excluding hydrogens is 210 g/mol. The van der Waals surface area contributed by atoms with E-state index in [0.29, 0.717) is 0 Å². The Kier molecular flexibility index (Phi) is 6.94. The van der Waals surface area contributed by atoms with Crippen LogP contribution in [-0.2, 0) is 13.0 Å². The van der Waals surface area contributed by atoms with E-state index in [9.17, 15) is 0 Å². The zero-order chi connectivity index (χ0) is 12.5. The summed E-state index contributed by atoms with van der Waals surface area (Å²) in [7, 11) is 0. The fraction of sp³-hybridized carbons (Fsp3) is 0.786. The third-order valence-electron chi connectivity index (χ3n) is 2.85. The largest absolute Gasteiger partial charge is 0.335 e. The monoisotopic (exact) mass is 237 g/mol. The fourth-order valence-electron chi connectivity index (χ4n) is 1.95. The average molecular weight is 237 g/mol. The number of unbranched alkanes of at least 4 members (excludes halogenated alkanes) is 1. The van der Waals surface area contributed by atoms with Crippen molar-refractivity contribution in [3.05, 3.63) is 18.2 Å². The number of imidazole rings is 1. The molecule has 0 aliphatic rings. The number of aromatic nitrogens is 2. The van der Waals surface area contributed by atoms with Gasteiger partial charge in [-0.15, -0.1) is 0 Å². The lowest BCUT2D eigenvalue weighted by Crippen LogP contribution is -2.20. The van der Waals surface area contributed by atoms with Crippen LogP contribution in [0.15, 0.2) is 12.5 Å². The molecule has 17 heavy (non-hydrogen) atoms. The van der Waals surface area contributed by atoms with E-state index in [-0.39, 0.29) is 0 Å². The molecule has 0 aliphatic carbocycles. The fourth-order valence-corrected chi connectivity index (χ4v) is 1.95. The summed E-state index contributed by atoms with van der Waals surface area (Å²) >= 11 is 0. The third kappa shape index (κ3) is 5.87. The molecular formula is C14H27N3. The SMILES string of the molecule is CCCn1cncc1CCCCNCC(C)C. The predicted octanol–water partition coefficient (Wildman–Crippen LogP) is 2.86. The van der Waals surface area contributed by atoms with Crippen LogP contribution in [0, 0.1) is 5.92 Å². The molecule has 0 aromatic carbocycles. The second kappa shape index (κ2) is 8.29. The van der Waals surface area contributed by atoms with Crippen molar-refractivity contribution in [2.24, 2.45) is 5.92 Å². The average Bonchev–Trinajstić information content (AvgIpc) is 2.71. The Bertz CT molecular complexity index is 291. The minimum absolute atomic E-state index is 0.751. The smallest absolute Gasteiger partial charge is 0.0948 e. The van der Waals surface area contributed by atoms with Crippen LogP contribution in [0.4, 0.5) is 0 Å². The molecule has 1 aromatic rings. The van der Waals surface area contributed by atoms with Crippen molar-refractivity contribution < 1.29 is 0 Å². The maximum Gasteiger partial charge on any atom is 0.0948 e. The molecule has 1 rings (SSSR count). The van der Waals surface area contributed by atoms with E-state index in [1.807, 2.05) is 12.5 Å². The molecule has 3 heteroatoms. The Labute approximate surface area is 106 Å². The summed E-state index contributed by atoms with van der Waals surface area (Å²) < 4.78 is 2.28. The van der Waals surface area contributed by atoms with Gasteiger partial charge in [-0.05, 0) is 44.7 Å². The summed E-state index contributed by atoms with van der Waals surface area (Å²) in [6.45, 7) is 10.1. The van der Waals surface area contributed by atoms with E-state index in [0.717, 1.165) is 32.0 Å². The Morgan fingerprint density at radius 1 is 1.35 bits per heavy atom. The number of aryl methyl sites for hydroxylation is 2. The maximum atomic E-state index is 4.23. The second-order valence-corrected chi connectivity index (χ2v) is 5.13. The summed E-state index contributed by atoms with van der Waals surface area (Å²) in [5.41, 5.74) is 1.38. The molecule has 3 nitrogen and oxygen atoms in total. The van der Waals surface area contributed by atoms with E-state index >= 15 is 0 Å². The molecule has 0 saturated heterocycles. The summed E-state index contributed by atoms with van der Waals surface area (Å²) in [6.07, 6.45) is 8.81. The van der Waals surface area contributed by atoms with Crippen molar-refractivity contribution in [1.29, 1.82) is 0 Å². The lowest BCUT2D eigenvalue weighted by Gasteiger charge is -2.08. The van der Waals surface area contributed by atoms with Gasteiger partial charge in [0.25, 0.3) is 0 Å². The summed E-state index contributed by atoms with van der Waals surface area (Å²) in [5.74, 6) is 0.751. The molecule has 1 aromatic heterocycles. The zero-order valence-electron chi connectivity index (χ0n) is 11.6. The van der Waals surface area contributed by atoms with Crippen molar-refractivity contribution >= 4 is 0 Å². The highest BCUT2D eigenvalue weighted by molar-refractivity contribution is 4.98. The van der Waals surface area contributed by atoms with E-state index < -0.39 is 0 Å². The molecule has 0 radical (unpaired) electrons. The van der Waals surface area contributed by atoms with Gasteiger partial charge < -0.3 is 9.88 Å². The molecule has 1 heterocycles. The lowest BCUT2D eigenvalue weighted by atomic mass is 10.2. The van der Waals surface area contributed by atoms with Crippen LogP contribution in [0.1, 0.15) is 45.7 Å². The van der Waals surface area contributed by atoms with E-state index in [4.69, 9.17) is 0 Å². The first-order valence-corrected chi connectivity index (χ1v) is 6.93. The molecule has 0 unspecified atom stereocenters. The molecule has 0 spiro atoms. The molecule has 98 valence electrons. The molecule has 0 amide bonds. The highest BCUT2D eigenvalue weighted by Crippen LogP contribution is 2.05. The minimum Gasteiger partial charge on any atom is -0.335 e. The van der Waals surface area contributed by atoms with Crippen LogP contribution in [0.3, 0.4) is 0 Å². The van der Waals surface area contributed by atoms with Crippen LogP contribution >= 0.6 is 0 Å². The topological polar surface area (TPSA) is 29.9 Å². The van der Waals surface area contributed by atoms with E-state index in [1.165, 1.54) is 25.0 Å². The number of hydrogen-bond donors (Lipinski definition) is 1. The first kappa shape index (κ1) is 14.2. The second-order valence-electron chi connectivity index (χ2n) is 5.13. The molecule has 0 atom stereocenters. The highest BCUT2D eigenvalue weighted by Gasteiger charge is 2.00. The zero-order valence-corrected chi connectivity index (χ0v) is 11.6. The van der Waals surface area contributed by atoms with Crippen LogP contribution in [0.5, 0.6) is 0 Å². The van der Waals surface area contributed by atoms with Crippen LogP contribution in [0.2, 0.25) is 0 Å². The van der Waals surface area contributed by atoms with Crippen molar-refractivity contribution in [2.75, 3.05) is 13.1 Å². The van der Waals surface area contributed by atoms with Crippen LogP contribution in [-0.4, -0.2) is 22.6 Å². The van der Waals surface area contributed by atoms with Crippen molar-refractivity contribution in [3.63, 3.8) is 0 Å². The highest BCUT2D eigenvalue weighted by atomic mass is 15.0. The third-order valence-corrected chi connectivity index (χ3v) is 2.85. The van der Waals surface area contributed by atoms with Gasteiger partial charge in [-0.25, -0.2) is 4.98 Å². The summed E-state index contributed by atoms with van der Waals surface area (Å²) in [6, 6.07) is 0. The number of rotatable bonds is 9. The quantitative estimate of drug-likeness (QED) is 0.669. The molecule has 0 aliphatic heterocycles. The molecule has 0 bridgehead atoms. The van der Waals surface area contributed by atoms with Gasteiger partial charge >= 0.3 is 0 Å². The summed E-state index contributed by atoms with van der Waals surface area (Å²) in [4.78, 5) is 4.23. The number of nitrogens with zero attached hydrogens (tertiary/aromatic N) is 2. The Morgan fingerprint density at radius 3 is 2.88 bits per heavy atom. The Balaban J connectivity index is 2.11. The van der Waals surface area contributed by atoms with Gasteiger partial charge in [0.2, 0.25) is 0 Å². The minimum atomic E-state index is 0.751. The van der Waals surface area contributed by atoms with Gasteiger partial charge in [-0.2, -0.15) is 0 Å². The normalized spacial score (nSPS) is 11.3. The van der Waals surface area contributed by atoms with Gasteiger partial charge in [0.15, 0.2) is 0 Å². The first-order valence-electron chi connectivity index (χ1n) is 6.93. The van der Waals surface area contributed by atoms with Crippen molar-refractivity contribution in [1.82, 2.24) is 14.9 Å². The molecule has 1 N–H and O–H groups in total. The van der Waals surface area contributed by atoms with Gasteiger partial charge in [-0.1, -0.05) is 20.8 Å². The molecule has 0 fully saturated rings.